The molecule has 0 aliphatic carbocycles. The lowest BCUT2D eigenvalue weighted by Crippen LogP contribution is -2.14. The van der Waals surface area contributed by atoms with Crippen molar-refractivity contribution in [3.63, 3.8) is 0 Å². The summed E-state index contributed by atoms with van der Waals surface area (Å²) in [5, 5.41) is 12.6. The molecule has 1 N–H and O–H groups in total. The van der Waals surface area contributed by atoms with Gasteiger partial charge in [0, 0.05) is 34.4 Å². The second-order valence-corrected chi connectivity index (χ2v) is 7.55. The molecule has 0 radical (unpaired) electrons. The van der Waals surface area contributed by atoms with E-state index in [1.165, 1.54) is 11.8 Å². The van der Waals surface area contributed by atoms with Gasteiger partial charge >= 0.3 is 0 Å². The lowest BCUT2D eigenvalue weighted by atomic mass is 10.1. The van der Waals surface area contributed by atoms with Crippen LogP contribution in [0.25, 0.3) is 16.9 Å². The summed E-state index contributed by atoms with van der Waals surface area (Å²) in [5.41, 5.74) is 3.48. The number of aromatic nitrogens is 4. The van der Waals surface area contributed by atoms with Crippen molar-refractivity contribution in [3.05, 3.63) is 84.4 Å². The molecule has 1 amide bonds. The minimum absolute atomic E-state index is 0.113. The van der Waals surface area contributed by atoms with Gasteiger partial charge in [0.2, 0.25) is 5.91 Å². The summed E-state index contributed by atoms with van der Waals surface area (Å²) in [4.78, 5) is 16.1. The van der Waals surface area contributed by atoms with Gasteiger partial charge in [-0.25, -0.2) is 4.98 Å². The summed E-state index contributed by atoms with van der Waals surface area (Å²) in [6.07, 6.45) is 5.39. The molecule has 0 atom stereocenters. The molecule has 2 aromatic carbocycles. The zero-order valence-electron chi connectivity index (χ0n) is 15.2. The van der Waals surface area contributed by atoms with Crippen LogP contribution in [0.1, 0.15) is 0 Å². The van der Waals surface area contributed by atoms with Gasteiger partial charge in [-0.2, -0.15) is 0 Å². The van der Waals surface area contributed by atoms with Crippen molar-refractivity contribution < 1.29 is 4.79 Å². The first-order valence-electron chi connectivity index (χ1n) is 8.78. The standard InChI is InChI=1S/C21H16ClN5OS/c22-16-3-5-17(6-4-16)24-20(28)13-29-21-10-9-19(25-26-21)15-1-7-18(8-2-15)27-12-11-23-14-27/h1-12,14H,13H2,(H,24,28). The smallest absolute Gasteiger partial charge is 0.234 e. The highest BCUT2D eigenvalue weighted by Crippen LogP contribution is 2.21. The quantitative estimate of drug-likeness (QED) is 0.456. The van der Waals surface area contributed by atoms with Crippen LogP contribution in [0.4, 0.5) is 5.69 Å². The zero-order chi connectivity index (χ0) is 20.1. The number of hydrogen-bond acceptors (Lipinski definition) is 5. The Morgan fingerprint density at radius 3 is 2.45 bits per heavy atom. The Hall–Kier alpha value is -3.16. The average Bonchev–Trinajstić information content (AvgIpc) is 3.29. The number of thioether (sulfide) groups is 1. The molecule has 6 nitrogen and oxygen atoms in total. The van der Waals surface area contributed by atoms with Gasteiger partial charge in [0.15, 0.2) is 0 Å². The fraction of sp³-hybridized carbons (Fsp3) is 0.0476. The number of imidazole rings is 1. The number of hydrogen-bond donors (Lipinski definition) is 1. The maximum atomic E-state index is 12.1. The molecule has 2 heterocycles. The summed E-state index contributed by atoms with van der Waals surface area (Å²) in [5.74, 6) is 0.134. The van der Waals surface area contributed by atoms with Gasteiger partial charge in [-0.3, -0.25) is 4.79 Å². The summed E-state index contributed by atoms with van der Waals surface area (Å²) < 4.78 is 1.93. The normalized spacial score (nSPS) is 10.7. The molecule has 0 saturated heterocycles. The zero-order valence-corrected chi connectivity index (χ0v) is 16.8. The van der Waals surface area contributed by atoms with E-state index < -0.39 is 0 Å². The molecule has 0 unspecified atom stereocenters. The van der Waals surface area contributed by atoms with Gasteiger partial charge in [0.1, 0.15) is 5.03 Å². The van der Waals surface area contributed by atoms with Gasteiger partial charge in [0.25, 0.3) is 0 Å². The van der Waals surface area contributed by atoms with Gasteiger partial charge in [-0.1, -0.05) is 35.5 Å². The van der Waals surface area contributed by atoms with E-state index in [1.54, 1.807) is 36.8 Å². The molecule has 29 heavy (non-hydrogen) atoms. The lowest BCUT2D eigenvalue weighted by Gasteiger charge is -2.06. The molecular formula is C21H16ClN5OS. The summed E-state index contributed by atoms with van der Waals surface area (Å²) in [6, 6.07) is 18.7. The first-order chi connectivity index (χ1) is 14.2. The van der Waals surface area contributed by atoms with Crippen molar-refractivity contribution in [2.45, 2.75) is 5.03 Å². The van der Waals surface area contributed by atoms with Crippen LogP contribution in [0.15, 0.2) is 84.4 Å². The number of amides is 1. The van der Waals surface area contributed by atoms with E-state index in [0.29, 0.717) is 15.7 Å². The Morgan fingerprint density at radius 1 is 1.00 bits per heavy atom. The number of carbonyl (C=O) groups excluding carboxylic acids is 1. The highest BCUT2D eigenvalue weighted by atomic mass is 35.5. The molecule has 0 saturated carbocycles. The van der Waals surface area contributed by atoms with Crippen LogP contribution >= 0.6 is 23.4 Å². The number of benzene rings is 2. The average molecular weight is 422 g/mol. The van der Waals surface area contributed by atoms with E-state index >= 15 is 0 Å². The third kappa shape index (κ3) is 5.01. The fourth-order valence-electron chi connectivity index (χ4n) is 2.64. The molecule has 0 bridgehead atoms. The SMILES string of the molecule is O=C(CSc1ccc(-c2ccc(-n3ccnc3)cc2)nn1)Nc1ccc(Cl)cc1. The summed E-state index contributed by atoms with van der Waals surface area (Å²) in [7, 11) is 0. The second-order valence-electron chi connectivity index (χ2n) is 6.12. The number of nitrogens with one attached hydrogen (secondary N) is 1. The first kappa shape index (κ1) is 19.2. The Bertz CT molecular complexity index is 1080. The Morgan fingerprint density at radius 2 is 1.79 bits per heavy atom. The maximum absolute atomic E-state index is 12.1. The lowest BCUT2D eigenvalue weighted by molar-refractivity contribution is -0.113. The molecule has 4 rings (SSSR count). The number of carbonyl (C=O) groups is 1. The molecule has 144 valence electrons. The van der Waals surface area contributed by atoms with Crippen LogP contribution in [0.3, 0.4) is 0 Å². The minimum Gasteiger partial charge on any atom is -0.325 e. The molecule has 8 heteroatoms. The van der Waals surface area contributed by atoms with Crippen molar-refractivity contribution in [3.8, 4) is 16.9 Å². The van der Waals surface area contributed by atoms with Gasteiger partial charge < -0.3 is 9.88 Å². The molecule has 0 aliphatic rings. The second kappa shape index (κ2) is 8.89. The predicted molar refractivity (Wildman–Crippen MR) is 115 cm³/mol. The third-order valence-electron chi connectivity index (χ3n) is 4.08. The van der Waals surface area contributed by atoms with Crippen LogP contribution in [0.2, 0.25) is 5.02 Å². The highest BCUT2D eigenvalue weighted by molar-refractivity contribution is 7.99. The van der Waals surface area contributed by atoms with Crippen molar-refractivity contribution >= 4 is 35.0 Å². The summed E-state index contributed by atoms with van der Waals surface area (Å²) in [6.45, 7) is 0. The van der Waals surface area contributed by atoms with Gasteiger partial charge in [-0.05, 0) is 48.5 Å². The molecule has 4 aromatic rings. The van der Waals surface area contributed by atoms with Crippen molar-refractivity contribution in [2.24, 2.45) is 0 Å². The molecule has 0 fully saturated rings. The minimum atomic E-state index is -0.113. The number of anilines is 1. The van der Waals surface area contributed by atoms with Crippen LogP contribution in [-0.4, -0.2) is 31.4 Å². The van der Waals surface area contributed by atoms with E-state index in [9.17, 15) is 4.79 Å². The predicted octanol–water partition coefficient (Wildman–Crippen LogP) is 4.71. The fourth-order valence-corrected chi connectivity index (χ4v) is 3.38. The topological polar surface area (TPSA) is 72.7 Å². The molecular weight excluding hydrogens is 406 g/mol. The van der Waals surface area contributed by atoms with E-state index in [-0.39, 0.29) is 11.7 Å². The van der Waals surface area contributed by atoms with Crippen LogP contribution in [0, 0.1) is 0 Å². The highest BCUT2D eigenvalue weighted by Gasteiger charge is 2.07. The van der Waals surface area contributed by atoms with E-state index in [1.807, 2.05) is 47.2 Å². The van der Waals surface area contributed by atoms with E-state index in [2.05, 4.69) is 20.5 Å². The van der Waals surface area contributed by atoms with Crippen LogP contribution in [-0.2, 0) is 4.79 Å². The molecule has 0 spiro atoms. The van der Waals surface area contributed by atoms with Gasteiger partial charge in [0.05, 0.1) is 17.8 Å². The van der Waals surface area contributed by atoms with Crippen LogP contribution in [0.5, 0.6) is 0 Å². The summed E-state index contributed by atoms with van der Waals surface area (Å²) >= 11 is 7.18. The molecule has 2 aromatic heterocycles. The van der Waals surface area contributed by atoms with Crippen molar-refractivity contribution in [2.75, 3.05) is 11.1 Å². The Labute approximate surface area is 177 Å². The Kier molecular flexibility index (Phi) is 5.88. The number of halogens is 1. The number of nitrogens with zero attached hydrogens (tertiary/aromatic N) is 4. The van der Waals surface area contributed by atoms with Crippen LogP contribution < -0.4 is 5.32 Å². The first-order valence-corrected chi connectivity index (χ1v) is 10.1. The Balaban J connectivity index is 1.34. The third-order valence-corrected chi connectivity index (χ3v) is 5.26. The van der Waals surface area contributed by atoms with E-state index in [0.717, 1.165) is 16.9 Å². The maximum Gasteiger partial charge on any atom is 0.234 e. The van der Waals surface area contributed by atoms with Crippen molar-refractivity contribution in [1.29, 1.82) is 0 Å². The monoisotopic (exact) mass is 421 g/mol. The van der Waals surface area contributed by atoms with Gasteiger partial charge in [-0.15, -0.1) is 10.2 Å². The molecule has 0 aliphatic heterocycles. The number of rotatable bonds is 6. The largest absolute Gasteiger partial charge is 0.325 e. The van der Waals surface area contributed by atoms with Crippen molar-refractivity contribution in [1.82, 2.24) is 19.7 Å². The van der Waals surface area contributed by atoms with E-state index in [4.69, 9.17) is 11.6 Å².